The first-order valence-corrected chi connectivity index (χ1v) is 24.0. The molecule has 0 unspecified atom stereocenters. The fraction of sp³-hybridized carbons (Fsp3) is 0.306. The number of methoxy groups -OCH3 is 2. The van der Waals surface area contributed by atoms with Gasteiger partial charge in [-0.15, -0.1) is 0 Å². The number of carbonyl (C=O) groups is 4. The predicted molar refractivity (Wildman–Crippen MR) is 240 cm³/mol. The summed E-state index contributed by atoms with van der Waals surface area (Å²) in [5, 5.41) is 16.3. The number of ether oxygens (including phenoxy) is 3. The highest BCUT2D eigenvalue weighted by Gasteiger charge is 2.67. The van der Waals surface area contributed by atoms with Gasteiger partial charge >= 0.3 is 0 Å². The largest absolute Gasteiger partial charge is 0.497 e. The number of fused-ring (bicyclic) bond motifs is 3. The van der Waals surface area contributed by atoms with E-state index < -0.39 is 43.5 Å². The number of aliphatic hydroxyl groups excluding tert-OH is 1. The molecule has 0 radical (unpaired) electrons. The van der Waals surface area contributed by atoms with Gasteiger partial charge in [0, 0.05) is 46.1 Å². The van der Waals surface area contributed by atoms with Crippen LogP contribution in [-0.4, -0.2) is 75.0 Å². The molecule has 0 bridgehead atoms. The number of hydrogen-bond donors (Lipinski definition) is 3. The maximum absolute atomic E-state index is 16.9. The van der Waals surface area contributed by atoms with Gasteiger partial charge in [0.25, 0.3) is 17.7 Å². The van der Waals surface area contributed by atoms with Gasteiger partial charge in [0.2, 0.25) is 14.3 Å². The second kappa shape index (κ2) is 17.4. The lowest BCUT2D eigenvalue weighted by atomic mass is 9.82. The molecule has 63 heavy (non-hydrogen) atoms. The van der Waals surface area contributed by atoms with Gasteiger partial charge in [-0.2, -0.15) is 0 Å². The lowest BCUT2D eigenvalue weighted by Crippen LogP contribution is -2.48. The number of aliphatic hydroxyl groups is 1. The van der Waals surface area contributed by atoms with Crippen LogP contribution in [0.15, 0.2) is 115 Å². The molecule has 326 valence electrons. The van der Waals surface area contributed by atoms with Crippen LogP contribution in [0.4, 0.5) is 21.2 Å². The van der Waals surface area contributed by atoms with Crippen molar-refractivity contribution < 1.29 is 42.6 Å². The molecule has 1 spiro atoms. The number of rotatable bonds is 12. The zero-order valence-electron chi connectivity index (χ0n) is 35.9. The molecular weight excluding hydrogens is 820 g/mol. The standard InChI is InChI=1S/C49H51FN4O8Si/c1-30-45(63(4,5)50)43(26-44(56)53-28-35-11-7-6-10-34(35)24-38(53)29-55)62-49(30)41-25-37(52-47(58)33-15-20-40(61-3)21-16-33)17-22-42(41)54(48(49)59)27-31-9-8-12-36(23-31)51-46(57)32-13-18-39(60-2)19-14-32/h6-23,25,30,38,43,45,55H,24,26-29H2,1-5H3,(H,51,57)(H,52,58)/t30-,38-,43+,45-,49+/m0/s1. The van der Waals surface area contributed by atoms with Crippen molar-refractivity contribution >= 4 is 49.1 Å². The average molecular weight is 871 g/mol. The van der Waals surface area contributed by atoms with E-state index in [1.165, 1.54) is 0 Å². The molecule has 3 aliphatic rings. The molecule has 14 heteroatoms. The maximum atomic E-state index is 16.9. The van der Waals surface area contributed by atoms with Crippen LogP contribution in [0.25, 0.3) is 0 Å². The number of hydrogen-bond acceptors (Lipinski definition) is 8. The monoisotopic (exact) mass is 870 g/mol. The minimum atomic E-state index is -3.68. The van der Waals surface area contributed by atoms with Crippen molar-refractivity contribution in [2.45, 2.75) is 69.2 Å². The van der Waals surface area contributed by atoms with Crippen molar-refractivity contribution in [2.24, 2.45) is 5.92 Å². The van der Waals surface area contributed by atoms with Crippen LogP contribution in [0.2, 0.25) is 18.6 Å². The summed E-state index contributed by atoms with van der Waals surface area (Å²) >= 11 is 0. The van der Waals surface area contributed by atoms with Gasteiger partial charge in [0.15, 0.2) is 5.60 Å². The van der Waals surface area contributed by atoms with Crippen LogP contribution in [0, 0.1) is 5.92 Å². The second-order valence-electron chi connectivity index (χ2n) is 17.0. The smallest absolute Gasteiger partial charge is 0.264 e. The number of amides is 4. The first kappa shape index (κ1) is 43.3. The van der Waals surface area contributed by atoms with Gasteiger partial charge in [-0.05, 0) is 115 Å². The van der Waals surface area contributed by atoms with Gasteiger partial charge in [0.05, 0.1) is 51.6 Å². The Balaban J connectivity index is 1.13. The Morgan fingerprint density at radius 3 is 2.02 bits per heavy atom. The number of nitrogens with zero attached hydrogens (tertiary/aromatic N) is 2. The zero-order valence-corrected chi connectivity index (χ0v) is 36.9. The summed E-state index contributed by atoms with van der Waals surface area (Å²) in [6.07, 6.45) is -0.682. The van der Waals surface area contributed by atoms with Crippen molar-refractivity contribution in [1.82, 2.24) is 4.90 Å². The Morgan fingerprint density at radius 2 is 1.43 bits per heavy atom. The molecule has 3 heterocycles. The third-order valence-corrected chi connectivity index (χ3v) is 15.2. The highest BCUT2D eigenvalue weighted by atomic mass is 28.4. The fourth-order valence-electron chi connectivity index (χ4n) is 9.64. The Labute approximate surface area is 367 Å². The number of benzene rings is 5. The van der Waals surface area contributed by atoms with E-state index in [9.17, 15) is 19.5 Å². The lowest BCUT2D eigenvalue weighted by molar-refractivity contribution is -0.151. The summed E-state index contributed by atoms with van der Waals surface area (Å²) in [5.41, 5.74) is 2.95. The van der Waals surface area contributed by atoms with E-state index in [0.717, 1.165) is 11.1 Å². The Bertz CT molecular complexity index is 2550. The van der Waals surface area contributed by atoms with Crippen molar-refractivity contribution in [3.05, 3.63) is 149 Å². The van der Waals surface area contributed by atoms with Crippen molar-refractivity contribution in [3.8, 4) is 11.5 Å². The quantitative estimate of drug-likeness (QED) is 0.0849. The number of nitrogens with one attached hydrogen (secondary N) is 2. The van der Waals surface area contributed by atoms with Crippen molar-refractivity contribution in [1.29, 1.82) is 0 Å². The van der Waals surface area contributed by atoms with Gasteiger partial charge in [-0.1, -0.05) is 43.3 Å². The van der Waals surface area contributed by atoms with Crippen LogP contribution < -0.4 is 25.0 Å². The normalized spacial score (nSPS) is 21.5. The fourth-order valence-corrected chi connectivity index (χ4v) is 12.1. The topological polar surface area (TPSA) is 147 Å². The molecular formula is C49H51FN4O8Si. The minimum Gasteiger partial charge on any atom is -0.497 e. The van der Waals surface area contributed by atoms with Gasteiger partial charge < -0.3 is 43.9 Å². The van der Waals surface area contributed by atoms with E-state index in [1.807, 2.05) is 37.3 Å². The third kappa shape index (κ3) is 8.33. The number of anilines is 3. The minimum absolute atomic E-state index is 0.0730. The van der Waals surface area contributed by atoms with Crippen LogP contribution >= 0.6 is 0 Å². The molecule has 5 aromatic rings. The predicted octanol–water partition coefficient (Wildman–Crippen LogP) is 7.87. The van der Waals surface area contributed by atoms with Gasteiger partial charge in [-0.3, -0.25) is 19.2 Å². The Hall–Kier alpha value is -6.35. The van der Waals surface area contributed by atoms with E-state index in [0.29, 0.717) is 63.8 Å². The summed E-state index contributed by atoms with van der Waals surface area (Å²) in [6.45, 7) is 5.11. The molecule has 0 saturated carbocycles. The molecule has 4 amide bonds. The van der Waals surface area contributed by atoms with E-state index in [-0.39, 0.29) is 37.3 Å². The Morgan fingerprint density at radius 1 is 0.825 bits per heavy atom. The number of carbonyl (C=O) groups excluding carboxylic acids is 4. The highest BCUT2D eigenvalue weighted by Crippen LogP contribution is 2.60. The molecule has 0 aromatic heterocycles. The molecule has 3 N–H and O–H groups in total. The van der Waals surface area contributed by atoms with E-state index in [1.54, 1.807) is 122 Å². The summed E-state index contributed by atoms with van der Waals surface area (Å²) in [5.74, 6) is -0.927. The SMILES string of the molecule is COc1ccc(C(=O)Nc2cccc(CN3C(=O)[C@]4(O[C@H](CC(=O)N5Cc6ccccc6C[C@H]5CO)[C@@H]([Si](C)(C)F)[C@@H]4C)c4cc(NC(=O)c5ccc(OC)cc5)ccc43)c2)cc1. The molecule has 8 rings (SSSR count). The van der Waals surface area contributed by atoms with Gasteiger partial charge in [0.1, 0.15) is 11.5 Å². The molecule has 5 aromatic carbocycles. The number of halogens is 1. The van der Waals surface area contributed by atoms with Crippen LogP contribution in [0.5, 0.6) is 11.5 Å². The summed E-state index contributed by atoms with van der Waals surface area (Å²) in [6, 6.07) is 33.1. The summed E-state index contributed by atoms with van der Waals surface area (Å²) < 4.78 is 34.3. The summed E-state index contributed by atoms with van der Waals surface area (Å²) in [4.78, 5) is 59.7. The summed E-state index contributed by atoms with van der Waals surface area (Å²) in [7, 11) is -0.587. The van der Waals surface area contributed by atoms with Crippen molar-refractivity contribution in [3.63, 3.8) is 0 Å². The zero-order chi connectivity index (χ0) is 44.6. The molecule has 12 nitrogen and oxygen atoms in total. The van der Waals surface area contributed by atoms with Crippen LogP contribution in [0.3, 0.4) is 0 Å². The first-order chi connectivity index (χ1) is 30.2. The second-order valence-corrected chi connectivity index (χ2v) is 20.8. The van der Waals surface area contributed by atoms with Crippen LogP contribution in [-0.2, 0) is 39.4 Å². The first-order valence-electron chi connectivity index (χ1n) is 21.0. The maximum Gasteiger partial charge on any atom is 0.264 e. The average Bonchev–Trinajstić information content (AvgIpc) is 3.71. The molecule has 1 saturated heterocycles. The van der Waals surface area contributed by atoms with Crippen molar-refractivity contribution in [2.75, 3.05) is 36.4 Å². The van der Waals surface area contributed by atoms with Crippen LogP contribution in [0.1, 0.15) is 56.3 Å². The molecule has 3 aliphatic heterocycles. The molecule has 1 fully saturated rings. The van der Waals surface area contributed by atoms with E-state index in [4.69, 9.17) is 14.2 Å². The Kier molecular flexibility index (Phi) is 12.0. The van der Waals surface area contributed by atoms with Gasteiger partial charge in [-0.25, -0.2) is 0 Å². The highest BCUT2D eigenvalue weighted by molar-refractivity contribution is 6.72. The van der Waals surface area contributed by atoms with E-state index >= 15 is 8.90 Å². The van der Waals surface area contributed by atoms with E-state index in [2.05, 4.69) is 10.6 Å². The molecule has 0 aliphatic carbocycles. The molecule has 5 atom stereocenters. The lowest BCUT2D eigenvalue weighted by Gasteiger charge is -2.37. The third-order valence-electron chi connectivity index (χ3n) is 12.7.